The average Bonchev–Trinajstić information content (AvgIpc) is 3.32. The highest BCUT2D eigenvalue weighted by Gasteiger charge is 2.29. The van der Waals surface area contributed by atoms with E-state index in [1.807, 2.05) is 19.9 Å². The Balaban J connectivity index is 1.96. The summed E-state index contributed by atoms with van der Waals surface area (Å²) in [6, 6.07) is 5.45. The molecule has 3 rings (SSSR count). The minimum absolute atomic E-state index is 0.0544. The second-order valence-electron chi connectivity index (χ2n) is 5.75. The zero-order chi connectivity index (χ0) is 16.4. The predicted octanol–water partition coefficient (Wildman–Crippen LogP) is 2.68. The van der Waals surface area contributed by atoms with E-state index in [0.717, 1.165) is 29.7 Å². The van der Waals surface area contributed by atoms with Crippen LogP contribution in [-0.2, 0) is 4.79 Å². The standard InChI is InChI=1S/C17H20N2O4/c1-10-16(11(2)23-19-10)14-9-13(18-17(21)12-3-4-12)5-6-15(14)22-8-7-20/h5-6,9,12,20H,3-4,7-8H2,1-2H3,(H,18,21). The van der Waals surface area contributed by atoms with Gasteiger partial charge < -0.3 is 19.7 Å². The Kier molecular flexibility index (Phi) is 4.34. The minimum Gasteiger partial charge on any atom is -0.491 e. The van der Waals surface area contributed by atoms with E-state index in [9.17, 15) is 4.79 Å². The third-order valence-corrected chi connectivity index (χ3v) is 3.85. The van der Waals surface area contributed by atoms with E-state index in [0.29, 0.717) is 17.2 Å². The van der Waals surface area contributed by atoms with Gasteiger partial charge in [0, 0.05) is 17.2 Å². The number of aliphatic hydroxyl groups is 1. The number of carbonyl (C=O) groups excluding carboxylic acids is 1. The summed E-state index contributed by atoms with van der Waals surface area (Å²) in [5, 5.41) is 15.9. The number of carbonyl (C=O) groups is 1. The first-order chi connectivity index (χ1) is 11.1. The summed E-state index contributed by atoms with van der Waals surface area (Å²) in [6.45, 7) is 3.82. The Labute approximate surface area is 134 Å². The minimum atomic E-state index is -0.0682. The quantitative estimate of drug-likeness (QED) is 0.856. The first-order valence-electron chi connectivity index (χ1n) is 7.72. The number of hydrogen-bond donors (Lipinski definition) is 2. The van der Waals surface area contributed by atoms with Gasteiger partial charge in [0.05, 0.1) is 17.9 Å². The summed E-state index contributed by atoms with van der Waals surface area (Å²) < 4.78 is 10.8. The number of anilines is 1. The number of rotatable bonds is 6. The lowest BCUT2D eigenvalue weighted by Gasteiger charge is -2.13. The first-order valence-corrected chi connectivity index (χ1v) is 7.72. The molecule has 0 radical (unpaired) electrons. The van der Waals surface area contributed by atoms with Gasteiger partial charge in [0.25, 0.3) is 0 Å². The highest BCUT2D eigenvalue weighted by Crippen LogP contribution is 2.37. The molecule has 1 fully saturated rings. The molecule has 1 saturated carbocycles. The van der Waals surface area contributed by atoms with Crippen molar-refractivity contribution in [3.05, 3.63) is 29.7 Å². The average molecular weight is 316 g/mol. The van der Waals surface area contributed by atoms with Crippen molar-refractivity contribution in [1.29, 1.82) is 0 Å². The van der Waals surface area contributed by atoms with Crippen LogP contribution >= 0.6 is 0 Å². The fourth-order valence-electron chi connectivity index (χ4n) is 2.54. The van der Waals surface area contributed by atoms with Gasteiger partial charge in [0.15, 0.2) is 0 Å². The molecule has 1 heterocycles. The highest BCUT2D eigenvalue weighted by molar-refractivity contribution is 5.95. The number of aryl methyl sites for hydroxylation is 2. The molecule has 1 aromatic carbocycles. The number of hydrogen-bond acceptors (Lipinski definition) is 5. The normalized spacial score (nSPS) is 13.9. The van der Waals surface area contributed by atoms with Crippen molar-refractivity contribution in [2.75, 3.05) is 18.5 Å². The van der Waals surface area contributed by atoms with Crippen LogP contribution in [0.25, 0.3) is 11.1 Å². The van der Waals surface area contributed by atoms with Gasteiger partial charge in [-0.3, -0.25) is 4.79 Å². The van der Waals surface area contributed by atoms with Crippen LogP contribution in [0, 0.1) is 19.8 Å². The molecule has 1 aliphatic carbocycles. The molecule has 23 heavy (non-hydrogen) atoms. The zero-order valence-electron chi connectivity index (χ0n) is 13.3. The van der Waals surface area contributed by atoms with E-state index in [1.165, 1.54) is 0 Å². The summed E-state index contributed by atoms with van der Waals surface area (Å²) in [5.41, 5.74) is 3.11. The molecular weight excluding hydrogens is 296 g/mol. The number of nitrogens with one attached hydrogen (secondary N) is 1. The van der Waals surface area contributed by atoms with Gasteiger partial charge in [-0.2, -0.15) is 0 Å². The summed E-state index contributed by atoms with van der Waals surface area (Å²) in [6.07, 6.45) is 1.92. The molecule has 6 nitrogen and oxygen atoms in total. The molecule has 0 saturated heterocycles. The SMILES string of the molecule is Cc1noc(C)c1-c1cc(NC(=O)C2CC2)ccc1OCCO. The van der Waals surface area contributed by atoms with Gasteiger partial charge in [0.1, 0.15) is 18.1 Å². The largest absolute Gasteiger partial charge is 0.491 e. The van der Waals surface area contributed by atoms with Crippen LogP contribution in [0.1, 0.15) is 24.3 Å². The molecule has 0 bridgehead atoms. The molecule has 0 atom stereocenters. The van der Waals surface area contributed by atoms with Crippen LogP contribution in [0.15, 0.2) is 22.7 Å². The number of amides is 1. The molecule has 2 aromatic rings. The Morgan fingerprint density at radius 2 is 2.22 bits per heavy atom. The molecule has 2 N–H and O–H groups in total. The monoisotopic (exact) mass is 316 g/mol. The first kappa shape index (κ1) is 15.6. The molecule has 0 aliphatic heterocycles. The zero-order valence-corrected chi connectivity index (χ0v) is 13.3. The van der Waals surface area contributed by atoms with E-state index in [4.69, 9.17) is 14.4 Å². The van der Waals surface area contributed by atoms with Crippen molar-refractivity contribution in [3.63, 3.8) is 0 Å². The van der Waals surface area contributed by atoms with Gasteiger partial charge in [-0.15, -0.1) is 0 Å². The number of aliphatic hydroxyl groups excluding tert-OH is 1. The number of ether oxygens (including phenoxy) is 1. The van der Waals surface area contributed by atoms with Gasteiger partial charge in [-0.25, -0.2) is 0 Å². The highest BCUT2D eigenvalue weighted by atomic mass is 16.5. The summed E-state index contributed by atoms with van der Waals surface area (Å²) in [5.74, 6) is 1.50. The molecule has 1 amide bonds. The maximum absolute atomic E-state index is 12.0. The van der Waals surface area contributed by atoms with E-state index in [-0.39, 0.29) is 25.0 Å². The van der Waals surface area contributed by atoms with E-state index >= 15 is 0 Å². The number of aromatic nitrogens is 1. The number of nitrogens with zero attached hydrogens (tertiary/aromatic N) is 1. The summed E-state index contributed by atoms with van der Waals surface area (Å²) >= 11 is 0. The summed E-state index contributed by atoms with van der Waals surface area (Å²) in [7, 11) is 0. The molecule has 122 valence electrons. The Morgan fingerprint density at radius 1 is 1.43 bits per heavy atom. The number of benzene rings is 1. The van der Waals surface area contributed by atoms with Crippen molar-refractivity contribution in [1.82, 2.24) is 5.16 Å². The lowest BCUT2D eigenvalue weighted by atomic mass is 10.0. The molecule has 1 aliphatic rings. The van der Waals surface area contributed by atoms with E-state index in [2.05, 4.69) is 10.5 Å². The predicted molar refractivity (Wildman–Crippen MR) is 85.3 cm³/mol. The maximum atomic E-state index is 12.0. The second kappa shape index (κ2) is 6.42. The molecular formula is C17H20N2O4. The van der Waals surface area contributed by atoms with Crippen molar-refractivity contribution in [3.8, 4) is 16.9 Å². The van der Waals surface area contributed by atoms with Crippen molar-refractivity contribution in [2.45, 2.75) is 26.7 Å². The van der Waals surface area contributed by atoms with Crippen molar-refractivity contribution < 1.29 is 19.2 Å². The second-order valence-corrected chi connectivity index (χ2v) is 5.75. The van der Waals surface area contributed by atoms with E-state index in [1.54, 1.807) is 12.1 Å². The van der Waals surface area contributed by atoms with Crippen molar-refractivity contribution in [2.24, 2.45) is 5.92 Å². The smallest absolute Gasteiger partial charge is 0.227 e. The topological polar surface area (TPSA) is 84.6 Å². The fraction of sp³-hybridized carbons (Fsp3) is 0.412. The molecule has 6 heteroatoms. The lowest BCUT2D eigenvalue weighted by Crippen LogP contribution is -2.13. The van der Waals surface area contributed by atoms with E-state index < -0.39 is 0 Å². The van der Waals surface area contributed by atoms with Crippen LogP contribution in [-0.4, -0.2) is 29.4 Å². The van der Waals surface area contributed by atoms with Crippen LogP contribution in [0.5, 0.6) is 5.75 Å². The van der Waals surface area contributed by atoms with Gasteiger partial charge in [-0.1, -0.05) is 5.16 Å². The van der Waals surface area contributed by atoms with Gasteiger partial charge in [-0.05, 0) is 44.9 Å². The van der Waals surface area contributed by atoms with Crippen LogP contribution in [0.4, 0.5) is 5.69 Å². The van der Waals surface area contributed by atoms with Crippen LogP contribution < -0.4 is 10.1 Å². The molecule has 0 unspecified atom stereocenters. The van der Waals surface area contributed by atoms with Crippen LogP contribution in [0.3, 0.4) is 0 Å². The van der Waals surface area contributed by atoms with Gasteiger partial charge >= 0.3 is 0 Å². The Bertz CT molecular complexity index is 700. The van der Waals surface area contributed by atoms with Crippen molar-refractivity contribution >= 4 is 11.6 Å². The molecule has 1 aromatic heterocycles. The third-order valence-electron chi connectivity index (χ3n) is 3.85. The lowest BCUT2D eigenvalue weighted by molar-refractivity contribution is -0.117. The maximum Gasteiger partial charge on any atom is 0.227 e. The summed E-state index contributed by atoms with van der Waals surface area (Å²) in [4.78, 5) is 12.0. The Hall–Kier alpha value is -2.34. The third kappa shape index (κ3) is 3.37. The Morgan fingerprint density at radius 3 is 2.83 bits per heavy atom. The van der Waals surface area contributed by atoms with Gasteiger partial charge in [0.2, 0.25) is 5.91 Å². The fourth-order valence-corrected chi connectivity index (χ4v) is 2.54. The van der Waals surface area contributed by atoms with Crippen LogP contribution in [0.2, 0.25) is 0 Å². The molecule has 0 spiro atoms.